The number of hydrogen-bond acceptors (Lipinski definition) is 10. The Bertz CT molecular complexity index is 1300. The molecule has 1 aliphatic carbocycles. The Balaban J connectivity index is 1.40. The van der Waals surface area contributed by atoms with Gasteiger partial charge in [-0.3, -0.25) is 0 Å². The first-order valence-corrected chi connectivity index (χ1v) is 11.5. The van der Waals surface area contributed by atoms with Crippen LogP contribution in [0.25, 0.3) is 22.7 Å². The van der Waals surface area contributed by atoms with Crippen molar-refractivity contribution in [1.82, 2.24) is 30.1 Å². The van der Waals surface area contributed by atoms with Crippen LogP contribution in [0.3, 0.4) is 0 Å². The summed E-state index contributed by atoms with van der Waals surface area (Å²) in [4.78, 5) is 21.7. The highest BCUT2D eigenvalue weighted by Gasteiger charge is 2.47. The van der Waals surface area contributed by atoms with Crippen LogP contribution in [0.1, 0.15) is 45.0 Å². The van der Waals surface area contributed by atoms with E-state index in [2.05, 4.69) is 61.6 Å². The molecular weight excluding hydrogens is 444 g/mol. The lowest BCUT2D eigenvalue weighted by Crippen LogP contribution is -2.35. The van der Waals surface area contributed by atoms with E-state index in [0.717, 1.165) is 29.5 Å². The third-order valence-corrected chi connectivity index (χ3v) is 6.51. The van der Waals surface area contributed by atoms with Gasteiger partial charge in [-0.25, -0.2) is 19.9 Å². The molecule has 5 rings (SSSR count). The van der Waals surface area contributed by atoms with Crippen molar-refractivity contribution in [3.8, 4) is 22.7 Å². The first kappa shape index (κ1) is 22.9. The number of hydrogen-bond donors (Lipinski definition) is 3. The number of anilines is 2. The second kappa shape index (κ2) is 8.70. The molecule has 0 radical (unpaired) electrons. The highest BCUT2D eigenvalue weighted by atomic mass is 16.5. The van der Waals surface area contributed by atoms with Gasteiger partial charge in [-0.1, -0.05) is 29.4 Å². The van der Waals surface area contributed by atoms with Crippen molar-refractivity contribution >= 4 is 11.8 Å². The maximum absolute atomic E-state index is 9.44. The smallest absolute Gasteiger partial charge is 0.278 e. The second-order valence-electron chi connectivity index (χ2n) is 9.76. The van der Waals surface area contributed by atoms with Crippen molar-refractivity contribution in [3.63, 3.8) is 0 Å². The maximum Gasteiger partial charge on any atom is 0.278 e. The molecule has 1 saturated carbocycles. The average molecular weight is 473 g/mol. The lowest BCUT2D eigenvalue weighted by atomic mass is 9.77. The SMILES string of the molecule is CC(C)(CO)Nc1cnc(-c2nc([C@](C)(c3ccc(-c4cnc(N)nc4)cc3)C3CC3)no2)cn1. The molecule has 1 aliphatic rings. The number of benzene rings is 1. The normalized spacial score (nSPS) is 15.5. The lowest BCUT2D eigenvalue weighted by molar-refractivity contribution is 0.234. The number of nitrogens with two attached hydrogens (primary N) is 1. The Hall–Kier alpha value is -3.92. The largest absolute Gasteiger partial charge is 0.394 e. The van der Waals surface area contributed by atoms with Crippen LogP contribution in [0, 0.1) is 5.92 Å². The summed E-state index contributed by atoms with van der Waals surface area (Å²) < 4.78 is 5.61. The molecule has 1 aromatic carbocycles. The fourth-order valence-corrected chi connectivity index (χ4v) is 4.13. The number of aromatic nitrogens is 6. The van der Waals surface area contributed by atoms with E-state index in [9.17, 15) is 5.11 Å². The zero-order valence-electron chi connectivity index (χ0n) is 19.9. The molecule has 0 bridgehead atoms. The fraction of sp³-hybridized carbons (Fsp3) is 0.360. The van der Waals surface area contributed by atoms with Crippen LogP contribution in [0.15, 0.2) is 53.6 Å². The van der Waals surface area contributed by atoms with Crippen molar-refractivity contribution in [1.29, 1.82) is 0 Å². The summed E-state index contributed by atoms with van der Waals surface area (Å²) >= 11 is 0. The van der Waals surface area contributed by atoms with Gasteiger partial charge in [0.15, 0.2) is 5.82 Å². The second-order valence-corrected chi connectivity index (χ2v) is 9.76. The van der Waals surface area contributed by atoms with Gasteiger partial charge >= 0.3 is 0 Å². The summed E-state index contributed by atoms with van der Waals surface area (Å²) in [5.41, 5.74) is 8.23. The summed E-state index contributed by atoms with van der Waals surface area (Å²) in [6.07, 6.45) is 8.83. The summed E-state index contributed by atoms with van der Waals surface area (Å²) in [5, 5.41) is 16.9. The van der Waals surface area contributed by atoms with Crippen LogP contribution in [-0.2, 0) is 5.41 Å². The standard InChI is InChI=1S/C25H28N8O2/c1-24(2,14-34)32-20-13-27-19(12-28-20)21-31-22(33-35-21)25(3,18-8-9-18)17-6-4-15(5-7-17)16-10-29-23(26)30-11-16/h4-7,10-13,18,34H,8-9,14H2,1-3H3,(H,28,32)(H2,26,29,30)/t25-/m1/s1. The molecule has 0 aliphatic heterocycles. The van der Waals surface area contributed by atoms with E-state index in [1.54, 1.807) is 24.8 Å². The van der Waals surface area contributed by atoms with Crippen molar-refractivity contribution in [2.75, 3.05) is 17.7 Å². The van der Waals surface area contributed by atoms with Crippen LogP contribution < -0.4 is 11.1 Å². The third kappa shape index (κ3) is 4.57. The van der Waals surface area contributed by atoms with Gasteiger partial charge in [0.05, 0.1) is 30.0 Å². The fourth-order valence-electron chi connectivity index (χ4n) is 4.13. The van der Waals surface area contributed by atoms with Crippen molar-refractivity contribution in [2.45, 2.75) is 44.6 Å². The molecule has 0 spiro atoms. The minimum Gasteiger partial charge on any atom is -0.394 e. The van der Waals surface area contributed by atoms with Gasteiger partial charge in [0.25, 0.3) is 5.89 Å². The van der Waals surface area contributed by atoms with Gasteiger partial charge in [-0.15, -0.1) is 0 Å². The van der Waals surface area contributed by atoms with Crippen molar-refractivity contribution in [2.24, 2.45) is 5.92 Å². The minimum absolute atomic E-state index is 0.0298. The molecule has 4 aromatic rings. The van der Waals surface area contributed by atoms with Gasteiger partial charge in [-0.2, -0.15) is 4.98 Å². The number of aliphatic hydroxyl groups is 1. The van der Waals surface area contributed by atoms with Gasteiger partial charge in [0.2, 0.25) is 5.95 Å². The number of nitrogens with zero attached hydrogens (tertiary/aromatic N) is 6. The molecule has 3 aromatic heterocycles. The van der Waals surface area contributed by atoms with Gasteiger partial charge in [-0.05, 0) is 50.7 Å². The molecule has 0 saturated heterocycles. The molecule has 0 unspecified atom stereocenters. The quantitative estimate of drug-likeness (QED) is 0.348. The Morgan fingerprint density at radius 3 is 2.29 bits per heavy atom. The van der Waals surface area contributed by atoms with Gasteiger partial charge in [0.1, 0.15) is 11.5 Å². The van der Waals surface area contributed by atoms with Crippen LogP contribution in [0.2, 0.25) is 0 Å². The number of nitrogens with one attached hydrogen (secondary N) is 1. The molecule has 35 heavy (non-hydrogen) atoms. The summed E-state index contributed by atoms with van der Waals surface area (Å²) in [6, 6.07) is 8.31. The van der Waals surface area contributed by atoms with Crippen molar-refractivity contribution in [3.05, 3.63) is 60.4 Å². The predicted molar refractivity (Wildman–Crippen MR) is 131 cm³/mol. The Kier molecular flexibility index (Phi) is 5.68. The Morgan fingerprint density at radius 1 is 0.971 bits per heavy atom. The Labute approximate surface area is 203 Å². The predicted octanol–water partition coefficient (Wildman–Crippen LogP) is 3.46. The first-order chi connectivity index (χ1) is 16.8. The van der Waals surface area contributed by atoms with E-state index in [1.807, 2.05) is 13.8 Å². The zero-order chi connectivity index (χ0) is 24.6. The highest BCUT2D eigenvalue weighted by molar-refractivity contribution is 5.63. The van der Waals surface area contributed by atoms with E-state index in [-0.39, 0.29) is 12.6 Å². The average Bonchev–Trinajstić information content (AvgIpc) is 3.61. The van der Waals surface area contributed by atoms with Crippen LogP contribution in [0.4, 0.5) is 11.8 Å². The maximum atomic E-state index is 9.44. The Morgan fingerprint density at radius 2 is 1.69 bits per heavy atom. The topological polar surface area (TPSA) is 149 Å². The molecule has 1 atom stereocenters. The van der Waals surface area contributed by atoms with E-state index in [1.165, 1.54) is 0 Å². The van der Waals surface area contributed by atoms with Crippen LogP contribution >= 0.6 is 0 Å². The molecule has 3 heterocycles. The van der Waals surface area contributed by atoms with E-state index >= 15 is 0 Å². The van der Waals surface area contributed by atoms with E-state index < -0.39 is 11.0 Å². The monoisotopic (exact) mass is 472 g/mol. The van der Waals surface area contributed by atoms with E-state index in [0.29, 0.717) is 29.1 Å². The molecule has 1 fully saturated rings. The molecule has 10 heteroatoms. The zero-order valence-corrected chi connectivity index (χ0v) is 19.9. The van der Waals surface area contributed by atoms with Gasteiger partial charge < -0.3 is 20.7 Å². The van der Waals surface area contributed by atoms with Crippen LogP contribution in [-0.4, -0.2) is 47.3 Å². The highest BCUT2D eigenvalue weighted by Crippen LogP contribution is 2.50. The number of aliphatic hydroxyl groups excluding tert-OH is 1. The molecule has 4 N–H and O–H groups in total. The van der Waals surface area contributed by atoms with E-state index in [4.69, 9.17) is 15.2 Å². The summed E-state index contributed by atoms with van der Waals surface area (Å²) in [7, 11) is 0. The molecule has 10 nitrogen and oxygen atoms in total. The summed E-state index contributed by atoms with van der Waals surface area (Å²) in [5.74, 6) is 2.19. The number of nitrogen functional groups attached to an aromatic ring is 1. The first-order valence-electron chi connectivity index (χ1n) is 11.5. The van der Waals surface area contributed by atoms with Gasteiger partial charge in [0, 0.05) is 18.0 Å². The minimum atomic E-state index is -0.504. The number of rotatable bonds is 8. The summed E-state index contributed by atoms with van der Waals surface area (Å²) in [6.45, 7) is 5.89. The van der Waals surface area contributed by atoms with Crippen LogP contribution in [0.5, 0.6) is 0 Å². The lowest BCUT2D eigenvalue weighted by Gasteiger charge is -2.27. The van der Waals surface area contributed by atoms with Crippen molar-refractivity contribution < 1.29 is 9.63 Å². The molecule has 0 amide bonds. The molecular formula is C25H28N8O2. The molecule has 180 valence electrons. The third-order valence-electron chi connectivity index (χ3n) is 6.51.